The summed E-state index contributed by atoms with van der Waals surface area (Å²) in [5, 5.41) is 7.42. The van der Waals surface area contributed by atoms with Gasteiger partial charge in [-0.05, 0) is 50.8 Å². The van der Waals surface area contributed by atoms with Gasteiger partial charge in [-0.1, -0.05) is 0 Å². The first-order valence-electron chi connectivity index (χ1n) is 11.0. The van der Waals surface area contributed by atoms with Gasteiger partial charge in [-0.15, -0.1) is 0 Å². The molecule has 1 aromatic heterocycles. The first kappa shape index (κ1) is 23.2. The summed E-state index contributed by atoms with van der Waals surface area (Å²) < 4.78 is 5.37. The number of carbonyl (C=O) groups is 3. The third-order valence-electron chi connectivity index (χ3n) is 6.22. The molecule has 1 aromatic rings. The molecule has 170 valence electrons. The average Bonchev–Trinajstić information content (AvgIpc) is 2.67. The Kier molecular flexibility index (Phi) is 7.64. The van der Waals surface area contributed by atoms with Crippen LogP contribution in [0.2, 0.25) is 0 Å². The lowest BCUT2D eigenvalue weighted by molar-refractivity contribution is -0.154. The number of aryl methyl sites for hydroxylation is 2. The molecule has 31 heavy (non-hydrogen) atoms. The normalized spacial score (nSPS) is 23.2. The number of hydrogen-bond donors (Lipinski definition) is 1. The smallest absolute Gasteiger partial charge is 0.300 e. The van der Waals surface area contributed by atoms with Crippen LogP contribution in [0.3, 0.4) is 0 Å². The SMILES string of the molecule is CC(=O)O.Cc1cc(CC(=O)N2C[C@@H]3CN(C(=O)C4CCOCC4)CC[C@@H]32)cc(C)n1. The number of aromatic nitrogens is 1. The Balaban J connectivity index is 0.000000628. The van der Waals surface area contributed by atoms with Gasteiger partial charge < -0.3 is 19.6 Å². The zero-order valence-corrected chi connectivity index (χ0v) is 18.7. The molecule has 0 spiro atoms. The second-order valence-electron chi connectivity index (χ2n) is 8.79. The fourth-order valence-corrected chi connectivity index (χ4v) is 4.85. The first-order chi connectivity index (χ1) is 14.7. The van der Waals surface area contributed by atoms with Crippen LogP contribution in [0.5, 0.6) is 0 Å². The third kappa shape index (κ3) is 6.03. The molecule has 3 saturated heterocycles. The van der Waals surface area contributed by atoms with Gasteiger partial charge in [0.1, 0.15) is 0 Å². The highest BCUT2D eigenvalue weighted by Gasteiger charge is 2.46. The number of pyridine rings is 1. The number of ether oxygens (including phenoxy) is 1. The van der Waals surface area contributed by atoms with E-state index in [0.717, 1.165) is 62.8 Å². The van der Waals surface area contributed by atoms with Gasteiger partial charge in [0.25, 0.3) is 5.97 Å². The summed E-state index contributed by atoms with van der Waals surface area (Å²) in [4.78, 5) is 42.9. The van der Waals surface area contributed by atoms with Gasteiger partial charge in [0, 0.05) is 69.0 Å². The van der Waals surface area contributed by atoms with Crippen molar-refractivity contribution in [3.05, 3.63) is 29.1 Å². The van der Waals surface area contributed by atoms with E-state index in [1.807, 2.05) is 35.8 Å². The molecule has 0 radical (unpaired) electrons. The topological polar surface area (TPSA) is 100 Å². The summed E-state index contributed by atoms with van der Waals surface area (Å²) in [6.07, 6.45) is 3.04. The van der Waals surface area contributed by atoms with E-state index >= 15 is 0 Å². The van der Waals surface area contributed by atoms with Crippen molar-refractivity contribution in [1.82, 2.24) is 14.8 Å². The lowest BCUT2D eigenvalue weighted by atomic mass is 9.81. The first-order valence-corrected chi connectivity index (χ1v) is 11.0. The highest BCUT2D eigenvalue weighted by molar-refractivity contribution is 5.81. The number of amides is 2. The molecule has 1 N–H and O–H groups in total. The summed E-state index contributed by atoms with van der Waals surface area (Å²) in [7, 11) is 0. The molecule has 3 aliphatic rings. The number of nitrogens with zero attached hydrogens (tertiary/aromatic N) is 3. The number of rotatable bonds is 3. The van der Waals surface area contributed by atoms with Crippen LogP contribution in [0.25, 0.3) is 0 Å². The number of carboxylic acids is 1. The fraction of sp³-hybridized carbons (Fsp3) is 0.652. The molecule has 3 fully saturated rings. The summed E-state index contributed by atoms with van der Waals surface area (Å²) >= 11 is 0. The highest BCUT2D eigenvalue weighted by atomic mass is 16.5. The van der Waals surface area contributed by atoms with Crippen LogP contribution in [0.4, 0.5) is 0 Å². The third-order valence-corrected chi connectivity index (χ3v) is 6.22. The Morgan fingerprint density at radius 3 is 2.29 bits per heavy atom. The second-order valence-corrected chi connectivity index (χ2v) is 8.79. The minimum atomic E-state index is -0.833. The van der Waals surface area contributed by atoms with Gasteiger partial charge in [0.15, 0.2) is 0 Å². The quantitative estimate of drug-likeness (QED) is 0.784. The lowest BCUT2D eigenvalue weighted by Crippen LogP contribution is -2.66. The summed E-state index contributed by atoms with van der Waals surface area (Å²) in [5.74, 6) is 0.230. The van der Waals surface area contributed by atoms with Crippen LogP contribution < -0.4 is 0 Å². The molecule has 0 aliphatic carbocycles. The number of hydrogen-bond acceptors (Lipinski definition) is 5. The van der Waals surface area contributed by atoms with Gasteiger partial charge in [-0.3, -0.25) is 19.4 Å². The largest absolute Gasteiger partial charge is 0.481 e. The van der Waals surface area contributed by atoms with Crippen molar-refractivity contribution in [2.75, 3.05) is 32.8 Å². The van der Waals surface area contributed by atoms with E-state index in [1.165, 1.54) is 0 Å². The maximum atomic E-state index is 12.7. The maximum Gasteiger partial charge on any atom is 0.300 e. The van der Waals surface area contributed by atoms with Gasteiger partial charge in [0.05, 0.1) is 6.42 Å². The second kappa shape index (κ2) is 10.2. The van der Waals surface area contributed by atoms with Crippen LogP contribution in [0.15, 0.2) is 12.1 Å². The molecule has 8 nitrogen and oxygen atoms in total. The van der Waals surface area contributed by atoms with E-state index in [4.69, 9.17) is 14.6 Å². The Hall–Kier alpha value is -2.48. The molecule has 0 unspecified atom stereocenters. The van der Waals surface area contributed by atoms with Crippen molar-refractivity contribution in [2.45, 2.75) is 52.5 Å². The van der Waals surface area contributed by atoms with Crippen LogP contribution >= 0.6 is 0 Å². The molecule has 3 aliphatic heterocycles. The van der Waals surface area contributed by atoms with E-state index in [-0.39, 0.29) is 11.8 Å². The molecule has 8 heteroatoms. The highest BCUT2D eigenvalue weighted by Crippen LogP contribution is 2.34. The minimum absolute atomic E-state index is 0.131. The monoisotopic (exact) mass is 431 g/mol. The number of fused-ring (bicyclic) bond motifs is 1. The summed E-state index contributed by atoms with van der Waals surface area (Å²) in [6, 6.07) is 4.30. The van der Waals surface area contributed by atoms with E-state index < -0.39 is 5.97 Å². The van der Waals surface area contributed by atoms with Crippen molar-refractivity contribution < 1.29 is 24.2 Å². The van der Waals surface area contributed by atoms with Gasteiger partial charge >= 0.3 is 0 Å². The van der Waals surface area contributed by atoms with Crippen LogP contribution in [-0.4, -0.2) is 76.6 Å². The van der Waals surface area contributed by atoms with Crippen molar-refractivity contribution in [3.63, 3.8) is 0 Å². The molecular formula is C23H33N3O5. The minimum Gasteiger partial charge on any atom is -0.481 e. The molecule has 2 amide bonds. The zero-order chi connectivity index (χ0) is 22.5. The maximum absolute atomic E-state index is 12.7. The zero-order valence-electron chi connectivity index (χ0n) is 18.7. The Bertz CT molecular complexity index is 797. The van der Waals surface area contributed by atoms with Crippen molar-refractivity contribution in [2.24, 2.45) is 11.8 Å². The van der Waals surface area contributed by atoms with E-state index in [9.17, 15) is 9.59 Å². The molecule has 2 atom stereocenters. The van der Waals surface area contributed by atoms with E-state index in [2.05, 4.69) is 4.98 Å². The molecular weight excluding hydrogens is 398 g/mol. The van der Waals surface area contributed by atoms with Crippen molar-refractivity contribution in [1.29, 1.82) is 0 Å². The lowest BCUT2D eigenvalue weighted by Gasteiger charge is -2.53. The molecule has 0 aromatic carbocycles. The molecule has 4 rings (SSSR count). The Morgan fingerprint density at radius 2 is 1.71 bits per heavy atom. The standard InChI is InChI=1S/C21H29N3O3.C2H4O2/c1-14-9-16(10-15(2)22-14)11-20(25)24-13-18-12-23(6-3-19(18)24)21(26)17-4-7-27-8-5-17;1-2(3)4/h9-10,17-19H,3-8,11-13H2,1-2H3;1H3,(H,3,4)/t18-,19-;/m0./s1. The number of carboxylic acid groups (broad SMARTS) is 1. The Labute approximate surface area is 183 Å². The summed E-state index contributed by atoms with van der Waals surface area (Å²) in [5.41, 5.74) is 2.96. The number of piperidine rings is 1. The van der Waals surface area contributed by atoms with Crippen LogP contribution in [0, 0.1) is 25.7 Å². The van der Waals surface area contributed by atoms with E-state index in [0.29, 0.717) is 37.5 Å². The van der Waals surface area contributed by atoms with Crippen LogP contribution in [-0.2, 0) is 25.5 Å². The number of likely N-dealkylation sites (tertiary alicyclic amines) is 2. The van der Waals surface area contributed by atoms with Crippen molar-refractivity contribution in [3.8, 4) is 0 Å². The van der Waals surface area contributed by atoms with Gasteiger partial charge in [0.2, 0.25) is 11.8 Å². The molecule has 0 bridgehead atoms. The van der Waals surface area contributed by atoms with Crippen molar-refractivity contribution >= 4 is 17.8 Å². The number of carbonyl (C=O) groups excluding carboxylic acids is 2. The van der Waals surface area contributed by atoms with E-state index in [1.54, 1.807) is 0 Å². The predicted molar refractivity (Wildman–Crippen MR) is 114 cm³/mol. The number of aliphatic carboxylic acids is 1. The fourth-order valence-electron chi connectivity index (χ4n) is 4.85. The summed E-state index contributed by atoms with van der Waals surface area (Å²) in [6.45, 7) is 8.77. The van der Waals surface area contributed by atoms with Crippen LogP contribution in [0.1, 0.15) is 43.1 Å². The average molecular weight is 432 g/mol. The predicted octanol–water partition coefficient (Wildman–Crippen LogP) is 1.82. The molecule has 4 heterocycles. The van der Waals surface area contributed by atoms with Gasteiger partial charge in [-0.25, -0.2) is 0 Å². The van der Waals surface area contributed by atoms with Gasteiger partial charge in [-0.2, -0.15) is 0 Å². The Morgan fingerprint density at radius 1 is 1.10 bits per heavy atom. The molecule has 0 saturated carbocycles.